The average molecular weight is 307 g/mol. The first-order valence-corrected chi connectivity index (χ1v) is 8.83. The van der Waals surface area contributed by atoms with Crippen LogP contribution in [0.15, 0.2) is 0 Å². The number of likely N-dealkylation sites (N-methyl/N-ethyl adjacent to an activating group) is 2. The van der Waals surface area contributed by atoms with Crippen molar-refractivity contribution in [2.24, 2.45) is 17.8 Å². The summed E-state index contributed by atoms with van der Waals surface area (Å²) in [5.74, 6) is 2.35. The van der Waals surface area contributed by atoms with E-state index in [0.29, 0.717) is 5.92 Å². The van der Waals surface area contributed by atoms with E-state index < -0.39 is 0 Å². The van der Waals surface area contributed by atoms with Crippen molar-refractivity contribution in [2.75, 3.05) is 27.2 Å². The van der Waals surface area contributed by atoms with Gasteiger partial charge in [-0.15, -0.1) is 0 Å². The molecule has 2 aliphatic carbocycles. The molecule has 3 fully saturated rings. The molecule has 3 rings (SSSR count). The van der Waals surface area contributed by atoms with Gasteiger partial charge in [-0.3, -0.25) is 4.79 Å². The van der Waals surface area contributed by atoms with Gasteiger partial charge in [0.25, 0.3) is 0 Å². The van der Waals surface area contributed by atoms with Gasteiger partial charge in [-0.1, -0.05) is 38.5 Å². The molecule has 3 amide bonds. The average Bonchev–Trinajstić information content (AvgIpc) is 2.71. The van der Waals surface area contributed by atoms with Crippen molar-refractivity contribution in [3.8, 4) is 0 Å². The van der Waals surface area contributed by atoms with Gasteiger partial charge in [0.05, 0.1) is 0 Å². The third-order valence-electron chi connectivity index (χ3n) is 6.19. The van der Waals surface area contributed by atoms with Crippen LogP contribution < -0.4 is 5.32 Å². The second-order valence-electron chi connectivity index (χ2n) is 7.41. The second kappa shape index (κ2) is 6.47. The van der Waals surface area contributed by atoms with Crippen LogP contribution in [0.25, 0.3) is 0 Å². The number of nitrogens with one attached hydrogen (secondary N) is 1. The third-order valence-corrected chi connectivity index (χ3v) is 6.19. The molecule has 0 aromatic rings. The van der Waals surface area contributed by atoms with Crippen LogP contribution in [0.4, 0.5) is 4.79 Å². The van der Waals surface area contributed by atoms with E-state index in [9.17, 15) is 9.59 Å². The van der Waals surface area contributed by atoms with E-state index in [2.05, 4.69) is 5.32 Å². The quantitative estimate of drug-likeness (QED) is 0.845. The minimum absolute atomic E-state index is 0.0622. The molecule has 0 aromatic heterocycles. The summed E-state index contributed by atoms with van der Waals surface area (Å²) in [7, 11) is 3.55. The number of hydrogen-bond donors (Lipinski definition) is 1. The molecule has 1 N–H and O–H groups in total. The Morgan fingerprint density at radius 3 is 2.23 bits per heavy atom. The maximum absolute atomic E-state index is 12.4. The first-order chi connectivity index (χ1) is 10.6. The SMILES string of the molecule is CN1CCC(N(C)C(=O)NCC(C2CCC2)C2CCC2)C1=O. The van der Waals surface area contributed by atoms with E-state index >= 15 is 0 Å². The van der Waals surface area contributed by atoms with E-state index in [0.717, 1.165) is 31.3 Å². The van der Waals surface area contributed by atoms with Gasteiger partial charge in [0.2, 0.25) is 5.91 Å². The summed E-state index contributed by atoms with van der Waals surface area (Å²) in [4.78, 5) is 27.7. The standard InChI is InChI=1S/C17H29N3O2/c1-19-10-9-15(16(19)21)20(2)17(22)18-11-14(12-5-3-6-12)13-7-4-8-13/h12-15H,3-11H2,1-2H3,(H,18,22). The minimum atomic E-state index is -0.282. The number of nitrogens with zero attached hydrogens (tertiary/aromatic N) is 2. The van der Waals surface area contributed by atoms with Gasteiger partial charge < -0.3 is 15.1 Å². The fraction of sp³-hybridized carbons (Fsp3) is 0.882. The van der Waals surface area contributed by atoms with Gasteiger partial charge in [0.1, 0.15) is 6.04 Å². The summed E-state index contributed by atoms with van der Waals surface area (Å²) in [6, 6.07) is -0.367. The highest BCUT2D eigenvalue weighted by molar-refractivity contribution is 5.88. The number of hydrogen-bond acceptors (Lipinski definition) is 2. The monoisotopic (exact) mass is 307 g/mol. The van der Waals surface area contributed by atoms with Gasteiger partial charge in [-0.25, -0.2) is 4.79 Å². The Labute approximate surface area is 133 Å². The molecule has 5 nitrogen and oxygen atoms in total. The summed E-state index contributed by atoms with van der Waals surface area (Å²) in [6.07, 6.45) is 8.78. The second-order valence-corrected chi connectivity index (χ2v) is 7.41. The highest BCUT2D eigenvalue weighted by Gasteiger charge is 2.38. The normalized spacial score (nSPS) is 26.0. The molecular formula is C17H29N3O2. The molecule has 0 radical (unpaired) electrons. The zero-order valence-electron chi connectivity index (χ0n) is 13.9. The largest absolute Gasteiger partial charge is 0.344 e. The number of likely N-dealkylation sites (tertiary alicyclic amines) is 1. The molecular weight excluding hydrogens is 278 g/mol. The van der Waals surface area contributed by atoms with Crippen molar-refractivity contribution in [1.29, 1.82) is 0 Å². The fourth-order valence-corrected chi connectivity index (χ4v) is 4.09. The van der Waals surface area contributed by atoms with Crippen molar-refractivity contribution >= 4 is 11.9 Å². The molecule has 0 spiro atoms. The van der Waals surface area contributed by atoms with E-state index in [1.807, 2.05) is 0 Å². The third kappa shape index (κ3) is 2.95. The summed E-state index contributed by atoms with van der Waals surface area (Å²) in [5, 5.41) is 3.11. The Bertz CT molecular complexity index is 418. The van der Waals surface area contributed by atoms with Gasteiger partial charge in [0, 0.05) is 27.2 Å². The van der Waals surface area contributed by atoms with Crippen molar-refractivity contribution in [3.05, 3.63) is 0 Å². The zero-order valence-corrected chi connectivity index (χ0v) is 13.9. The summed E-state index contributed by atoms with van der Waals surface area (Å²) in [5.41, 5.74) is 0. The van der Waals surface area contributed by atoms with E-state index in [4.69, 9.17) is 0 Å². The van der Waals surface area contributed by atoms with Crippen LogP contribution >= 0.6 is 0 Å². The molecule has 0 aromatic carbocycles. The molecule has 0 bridgehead atoms. The molecule has 124 valence electrons. The van der Waals surface area contributed by atoms with Crippen LogP contribution in [-0.2, 0) is 4.79 Å². The predicted molar refractivity (Wildman–Crippen MR) is 85.4 cm³/mol. The smallest absolute Gasteiger partial charge is 0.317 e. The van der Waals surface area contributed by atoms with Crippen molar-refractivity contribution in [2.45, 2.75) is 51.0 Å². The van der Waals surface area contributed by atoms with Crippen LogP contribution in [0.3, 0.4) is 0 Å². The molecule has 1 aliphatic heterocycles. The van der Waals surface area contributed by atoms with Gasteiger partial charge in [-0.2, -0.15) is 0 Å². The molecule has 2 saturated carbocycles. The maximum Gasteiger partial charge on any atom is 0.317 e. The Morgan fingerprint density at radius 2 is 1.82 bits per heavy atom. The van der Waals surface area contributed by atoms with Crippen LogP contribution in [0.1, 0.15) is 44.9 Å². The lowest BCUT2D eigenvalue weighted by molar-refractivity contribution is -0.129. The van der Waals surface area contributed by atoms with E-state index in [1.54, 1.807) is 23.9 Å². The van der Waals surface area contributed by atoms with Crippen LogP contribution in [0.5, 0.6) is 0 Å². The topological polar surface area (TPSA) is 52.6 Å². The van der Waals surface area contributed by atoms with Crippen molar-refractivity contribution in [1.82, 2.24) is 15.1 Å². The summed E-state index contributed by atoms with van der Waals surface area (Å²) < 4.78 is 0. The lowest BCUT2D eigenvalue weighted by Crippen LogP contribution is -2.49. The number of urea groups is 1. The summed E-state index contributed by atoms with van der Waals surface area (Å²) >= 11 is 0. The maximum atomic E-state index is 12.4. The first kappa shape index (κ1) is 15.6. The highest BCUT2D eigenvalue weighted by atomic mass is 16.2. The Hall–Kier alpha value is -1.26. The van der Waals surface area contributed by atoms with Crippen molar-refractivity contribution in [3.63, 3.8) is 0 Å². The molecule has 1 heterocycles. The number of carbonyl (C=O) groups excluding carboxylic acids is 2. The zero-order chi connectivity index (χ0) is 15.7. The Kier molecular flexibility index (Phi) is 4.59. The summed E-state index contributed by atoms with van der Waals surface area (Å²) in [6.45, 7) is 1.53. The molecule has 5 heteroatoms. The van der Waals surface area contributed by atoms with E-state index in [1.165, 1.54) is 38.5 Å². The van der Waals surface area contributed by atoms with Gasteiger partial charge in [0.15, 0.2) is 0 Å². The Balaban J connectivity index is 1.51. The fourth-order valence-electron chi connectivity index (χ4n) is 4.09. The number of amides is 3. The van der Waals surface area contributed by atoms with Crippen LogP contribution in [-0.4, -0.2) is 55.0 Å². The van der Waals surface area contributed by atoms with Crippen LogP contribution in [0, 0.1) is 17.8 Å². The molecule has 1 saturated heterocycles. The number of rotatable bonds is 5. The van der Waals surface area contributed by atoms with Gasteiger partial charge in [-0.05, 0) is 24.2 Å². The molecule has 1 unspecified atom stereocenters. The van der Waals surface area contributed by atoms with Crippen molar-refractivity contribution < 1.29 is 9.59 Å². The lowest BCUT2D eigenvalue weighted by atomic mass is 9.64. The highest BCUT2D eigenvalue weighted by Crippen LogP contribution is 2.44. The molecule has 1 atom stereocenters. The number of carbonyl (C=O) groups is 2. The predicted octanol–water partition coefficient (Wildman–Crippen LogP) is 2.07. The van der Waals surface area contributed by atoms with E-state index in [-0.39, 0.29) is 18.0 Å². The lowest BCUT2D eigenvalue weighted by Gasteiger charge is -2.43. The van der Waals surface area contributed by atoms with Crippen LogP contribution in [0.2, 0.25) is 0 Å². The molecule has 3 aliphatic rings. The first-order valence-electron chi connectivity index (χ1n) is 8.83. The Morgan fingerprint density at radius 1 is 1.23 bits per heavy atom. The molecule has 22 heavy (non-hydrogen) atoms. The minimum Gasteiger partial charge on any atom is -0.344 e. The van der Waals surface area contributed by atoms with Gasteiger partial charge >= 0.3 is 6.03 Å².